The van der Waals surface area contributed by atoms with Crippen LogP contribution in [0.15, 0.2) is 41.4 Å². The molecule has 30 heavy (non-hydrogen) atoms. The Morgan fingerprint density at radius 2 is 1.90 bits per heavy atom. The van der Waals surface area contributed by atoms with Crippen LogP contribution in [0.25, 0.3) is 0 Å². The maximum atomic E-state index is 13.7. The Kier molecular flexibility index (Phi) is 12.1. The van der Waals surface area contributed by atoms with Crippen LogP contribution in [-0.4, -0.2) is 44.5 Å². The van der Waals surface area contributed by atoms with Crippen LogP contribution in [0, 0.1) is 11.6 Å². The van der Waals surface area contributed by atoms with Gasteiger partial charge in [0.1, 0.15) is 18.2 Å². The van der Waals surface area contributed by atoms with Crippen molar-refractivity contribution in [3.8, 4) is 11.5 Å². The average molecular weight is 535 g/mol. The van der Waals surface area contributed by atoms with Gasteiger partial charge in [-0.1, -0.05) is 6.07 Å². The Balaban J connectivity index is 0.00000450. The minimum atomic E-state index is -0.456. The smallest absolute Gasteiger partial charge is 0.191 e. The minimum absolute atomic E-state index is 0. The lowest BCUT2D eigenvalue weighted by Crippen LogP contribution is -2.38. The standard InChI is InChI=1S/C21H27F2N3O3.HI/c1-3-24-21(25-9-8-16-13-17(22)5-6-18(16)23)26-14-15-4-7-19(29-11-10-27)20(12-15)28-2;/h4-7,12-13,27H,3,8-11,14H2,1-2H3,(H2,24,25,26);1H. The fraction of sp³-hybridized carbons (Fsp3) is 0.381. The molecule has 2 aromatic rings. The van der Waals surface area contributed by atoms with E-state index in [1.165, 1.54) is 6.07 Å². The molecular weight excluding hydrogens is 507 g/mol. The second-order valence-corrected chi connectivity index (χ2v) is 6.16. The number of hydrogen-bond acceptors (Lipinski definition) is 4. The zero-order chi connectivity index (χ0) is 21.1. The maximum Gasteiger partial charge on any atom is 0.191 e. The molecule has 9 heteroatoms. The normalized spacial score (nSPS) is 10.9. The predicted molar refractivity (Wildman–Crippen MR) is 124 cm³/mol. The van der Waals surface area contributed by atoms with E-state index in [1.54, 1.807) is 13.2 Å². The van der Waals surface area contributed by atoms with E-state index in [9.17, 15) is 8.78 Å². The highest BCUT2D eigenvalue weighted by Gasteiger charge is 2.07. The van der Waals surface area contributed by atoms with Crippen molar-refractivity contribution < 1.29 is 23.4 Å². The molecule has 0 aliphatic carbocycles. The number of halogens is 3. The summed E-state index contributed by atoms with van der Waals surface area (Å²) in [6, 6.07) is 8.89. The highest BCUT2D eigenvalue weighted by molar-refractivity contribution is 14.0. The summed E-state index contributed by atoms with van der Waals surface area (Å²) in [6.45, 7) is 3.52. The molecule has 0 atom stereocenters. The van der Waals surface area contributed by atoms with Gasteiger partial charge in [-0.25, -0.2) is 13.8 Å². The van der Waals surface area contributed by atoms with Gasteiger partial charge < -0.3 is 25.2 Å². The number of benzene rings is 2. The molecule has 0 saturated carbocycles. The zero-order valence-electron chi connectivity index (χ0n) is 17.1. The minimum Gasteiger partial charge on any atom is -0.493 e. The summed E-state index contributed by atoms with van der Waals surface area (Å²) in [5.74, 6) is 0.805. The summed E-state index contributed by atoms with van der Waals surface area (Å²) in [5, 5.41) is 15.1. The molecule has 0 saturated heterocycles. The first-order valence-electron chi connectivity index (χ1n) is 9.44. The fourth-order valence-corrected chi connectivity index (χ4v) is 2.65. The molecule has 166 valence electrons. The van der Waals surface area contributed by atoms with Gasteiger partial charge in [0.2, 0.25) is 0 Å². The van der Waals surface area contributed by atoms with Gasteiger partial charge in [-0.3, -0.25) is 0 Å². The molecule has 2 aromatic carbocycles. The van der Waals surface area contributed by atoms with E-state index in [0.717, 1.165) is 17.7 Å². The molecule has 3 N–H and O–H groups in total. The van der Waals surface area contributed by atoms with E-state index < -0.39 is 11.6 Å². The quantitative estimate of drug-likeness (QED) is 0.248. The molecule has 0 radical (unpaired) electrons. The molecule has 0 aliphatic rings. The van der Waals surface area contributed by atoms with E-state index in [1.807, 2.05) is 19.1 Å². The Bertz CT molecular complexity index is 822. The van der Waals surface area contributed by atoms with Gasteiger partial charge in [0, 0.05) is 13.1 Å². The van der Waals surface area contributed by atoms with E-state index in [4.69, 9.17) is 14.6 Å². The number of methoxy groups -OCH3 is 1. The van der Waals surface area contributed by atoms with E-state index >= 15 is 0 Å². The van der Waals surface area contributed by atoms with Crippen LogP contribution in [0.3, 0.4) is 0 Å². The molecule has 0 aliphatic heterocycles. The summed E-state index contributed by atoms with van der Waals surface area (Å²) in [4.78, 5) is 4.51. The van der Waals surface area contributed by atoms with Crippen LogP contribution in [0.4, 0.5) is 8.78 Å². The summed E-state index contributed by atoms with van der Waals surface area (Å²) < 4.78 is 37.7. The number of hydrogen-bond donors (Lipinski definition) is 3. The summed E-state index contributed by atoms with van der Waals surface area (Å²) >= 11 is 0. The summed E-state index contributed by atoms with van der Waals surface area (Å²) in [6.07, 6.45) is 0.332. The van der Waals surface area contributed by atoms with Crippen LogP contribution in [0.2, 0.25) is 0 Å². The summed E-state index contributed by atoms with van der Waals surface area (Å²) in [7, 11) is 1.55. The van der Waals surface area contributed by atoms with Crippen LogP contribution < -0.4 is 20.1 Å². The number of aliphatic hydroxyl groups excluding tert-OH is 1. The molecule has 2 rings (SSSR count). The number of ether oxygens (including phenoxy) is 2. The van der Waals surface area contributed by atoms with Crippen molar-refractivity contribution >= 4 is 29.9 Å². The predicted octanol–water partition coefficient (Wildman–Crippen LogP) is 3.26. The van der Waals surface area contributed by atoms with Crippen molar-refractivity contribution in [3.63, 3.8) is 0 Å². The Hall–Kier alpha value is -2.14. The van der Waals surface area contributed by atoms with E-state index in [0.29, 0.717) is 49.1 Å². The van der Waals surface area contributed by atoms with Crippen molar-refractivity contribution in [2.24, 2.45) is 4.99 Å². The third-order valence-corrected chi connectivity index (χ3v) is 4.04. The lowest BCUT2D eigenvalue weighted by molar-refractivity contribution is 0.196. The van der Waals surface area contributed by atoms with E-state index in [2.05, 4.69) is 15.6 Å². The fourth-order valence-electron chi connectivity index (χ4n) is 2.65. The monoisotopic (exact) mass is 535 g/mol. The van der Waals surface area contributed by atoms with Gasteiger partial charge in [-0.2, -0.15) is 0 Å². The van der Waals surface area contributed by atoms with Gasteiger partial charge in [0.15, 0.2) is 17.5 Å². The molecule has 0 heterocycles. The summed E-state index contributed by atoms with van der Waals surface area (Å²) in [5.41, 5.74) is 1.23. The highest BCUT2D eigenvalue weighted by Crippen LogP contribution is 2.28. The first-order chi connectivity index (χ1) is 14.1. The topological polar surface area (TPSA) is 75.1 Å². The molecule has 0 amide bonds. The Morgan fingerprint density at radius 1 is 1.10 bits per heavy atom. The van der Waals surface area contributed by atoms with Gasteiger partial charge in [0.05, 0.1) is 20.3 Å². The number of nitrogens with one attached hydrogen (secondary N) is 2. The molecule has 0 aromatic heterocycles. The molecule has 0 bridgehead atoms. The zero-order valence-corrected chi connectivity index (χ0v) is 19.4. The molecule has 0 spiro atoms. The van der Waals surface area contributed by atoms with Crippen LogP contribution >= 0.6 is 24.0 Å². The van der Waals surface area contributed by atoms with Crippen molar-refractivity contribution in [1.29, 1.82) is 0 Å². The maximum absolute atomic E-state index is 13.7. The van der Waals surface area contributed by atoms with Gasteiger partial charge in [-0.15, -0.1) is 24.0 Å². The lowest BCUT2D eigenvalue weighted by Gasteiger charge is -2.13. The number of aliphatic hydroxyl groups is 1. The van der Waals surface area contributed by atoms with Gasteiger partial charge >= 0.3 is 0 Å². The molecule has 0 unspecified atom stereocenters. The Labute approximate surface area is 192 Å². The van der Waals surface area contributed by atoms with Gasteiger partial charge in [0.25, 0.3) is 0 Å². The van der Waals surface area contributed by atoms with Crippen molar-refractivity contribution in [2.45, 2.75) is 19.9 Å². The average Bonchev–Trinajstić information content (AvgIpc) is 2.73. The van der Waals surface area contributed by atoms with Gasteiger partial charge in [-0.05, 0) is 54.8 Å². The van der Waals surface area contributed by atoms with Crippen LogP contribution in [0.1, 0.15) is 18.1 Å². The first-order valence-corrected chi connectivity index (χ1v) is 9.44. The number of nitrogens with zero attached hydrogens (tertiary/aromatic N) is 1. The van der Waals surface area contributed by atoms with Crippen LogP contribution in [-0.2, 0) is 13.0 Å². The number of rotatable bonds is 10. The van der Waals surface area contributed by atoms with Crippen molar-refractivity contribution in [2.75, 3.05) is 33.4 Å². The highest BCUT2D eigenvalue weighted by atomic mass is 127. The number of aliphatic imine (C=N–C) groups is 1. The second kappa shape index (κ2) is 14.0. The van der Waals surface area contributed by atoms with Crippen molar-refractivity contribution in [1.82, 2.24) is 10.6 Å². The Morgan fingerprint density at radius 3 is 2.60 bits per heavy atom. The number of guanidine groups is 1. The molecular formula is C21H28F2IN3O3. The molecule has 6 nitrogen and oxygen atoms in total. The lowest BCUT2D eigenvalue weighted by atomic mass is 10.1. The molecule has 0 fully saturated rings. The third kappa shape index (κ3) is 8.31. The van der Waals surface area contributed by atoms with Crippen LogP contribution in [0.5, 0.6) is 11.5 Å². The van der Waals surface area contributed by atoms with Crippen molar-refractivity contribution in [3.05, 3.63) is 59.2 Å². The van der Waals surface area contributed by atoms with E-state index in [-0.39, 0.29) is 37.2 Å². The SMILES string of the molecule is CCNC(=NCc1ccc(OCCO)c(OC)c1)NCCc1cc(F)ccc1F.I. The second-order valence-electron chi connectivity index (χ2n) is 6.16. The first kappa shape index (κ1) is 25.9. The largest absolute Gasteiger partial charge is 0.493 e. The third-order valence-electron chi connectivity index (χ3n) is 4.04.